The van der Waals surface area contributed by atoms with Gasteiger partial charge in [-0.2, -0.15) is 13.2 Å². The number of methoxy groups -OCH3 is 1. The maximum Gasteiger partial charge on any atom is 0.451 e. The maximum atomic E-state index is 12.6. The second-order valence-corrected chi connectivity index (χ2v) is 3.53. The van der Waals surface area contributed by atoms with Crippen molar-refractivity contribution >= 4 is 16.7 Å². The van der Waals surface area contributed by atoms with E-state index in [0.717, 1.165) is 0 Å². The van der Waals surface area contributed by atoms with Gasteiger partial charge < -0.3 is 10.1 Å². The van der Waals surface area contributed by atoms with Gasteiger partial charge in [-0.25, -0.2) is 9.97 Å². The van der Waals surface area contributed by atoms with Crippen LogP contribution in [0.2, 0.25) is 0 Å². The number of aromatic nitrogens is 2. The first-order valence-electron chi connectivity index (χ1n) is 5.06. The SMILES string of the molecule is CNc1nc(C(F)(F)F)nc2cc(OC)ccc12. The Labute approximate surface area is 101 Å². The standard InChI is InChI=1S/C11H10F3N3O/c1-15-9-7-4-3-6(18-2)5-8(7)16-10(17-9)11(12,13)14/h3-5H,1-2H3,(H,15,16,17). The lowest BCUT2D eigenvalue weighted by molar-refractivity contribution is -0.144. The summed E-state index contributed by atoms with van der Waals surface area (Å²) < 4.78 is 42.9. The topological polar surface area (TPSA) is 47.0 Å². The summed E-state index contributed by atoms with van der Waals surface area (Å²) in [6.45, 7) is 0. The van der Waals surface area contributed by atoms with Gasteiger partial charge in [-0.1, -0.05) is 0 Å². The average Bonchev–Trinajstić information content (AvgIpc) is 2.35. The van der Waals surface area contributed by atoms with E-state index in [4.69, 9.17) is 4.74 Å². The van der Waals surface area contributed by atoms with Gasteiger partial charge in [-0.15, -0.1) is 0 Å². The molecule has 0 atom stereocenters. The molecule has 0 spiro atoms. The van der Waals surface area contributed by atoms with Crippen LogP contribution in [0.1, 0.15) is 5.82 Å². The molecule has 0 aliphatic carbocycles. The van der Waals surface area contributed by atoms with Gasteiger partial charge in [0, 0.05) is 18.5 Å². The number of ether oxygens (including phenoxy) is 1. The van der Waals surface area contributed by atoms with Crippen molar-refractivity contribution < 1.29 is 17.9 Å². The average molecular weight is 257 g/mol. The molecule has 96 valence electrons. The van der Waals surface area contributed by atoms with Gasteiger partial charge in [0.2, 0.25) is 5.82 Å². The summed E-state index contributed by atoms with van der Waals surface area (Å²) >= 11 is 0. The van der Waals surface area contributed by atoms with Crippen LogP contribution >= 0.6 is 0 Å². The van der Waals surface area contributed by atoms with Gasteiger partial charge in [-0.3, -0.25) is 0 Å². The molecule has 1 heterocycles. The lowest BCUT2D eigenvalue weighted by atomic mass is 10.2. The predicted octanol–water partition coefficient (Wildman–Crippen LogP) is 2.70. The van der Waals surface area contributed by atoms with Gasteiger partial charge in [0.15, 0.2) is 0 Å². The minimum Gasteiger partial charge on any atom is -0.497 e. The van der Waals surface area contributed by atoms with E-state index in [-0.39, 0.29) is 11.3 Å². The largest absolute Gasteiger partial charge is 0.497 e. The number of nitrogens with one attached hydrogen (secondary N) is 1. The molecule has 0 bridgehead atoms. The van der Waals surface area contributed by atoms with E-state index in [1.54, 1.807) is 12.1 Å². The lowest BCUT2D eigenvalue weighted by Gasteiger charge is -2.10. The Morgan fingerprint density at radius 3 is 2.50 bits per heavy atom. The summed E-state index contributed by atoms with van der Waals surface area (Å²) in [5.74, 6) is -0.598. The van der Waals surface area contributed by atoms with E-state index in [1.165, 1.54) is 20.2 Å². The Balaban J connectivity index is 2.72. The second-order valence-electron chi connectivity index (χ2n) is 3.53. The molecule has 0 amide bonds. The van der Waals surface area contributed by atoms with Crippen LogP contribution in [0.15, 0.2) is 18.2 Å². The van der Waals surface area contributed by atoms with Crippen LogP contribution in [-0.2, 0) is 6.18 Å². The Morgan fingerprint density at radius 2 is 1.94 bits per heavy atom. The highest BCUT2D eigenvalue weighted by Gasteiger charge is 2.35. The third kappa shape index (κ3) is 2.15. The van der Waals surface area contributed by atoms with Gasteiger partial charge in [0.25, 0.3) is 0 Å². The van der Waals surface area contributed by atoms with E-state index in [9.17, 15) is 13.2 Å². The van der Waals surface area contributed by atoms with Gasteiger partial charge in [0.1, 0.15) is 11.6 Å². The molecule has 0 saturated carbocycles. The summed E-state index contributed by atoms with van der Waals surface area (Å²) in [6, 6.07) is 4.69. The number of anilines is 1. The van der Waals surface area contributed by atoms with E-state index in [2.05, 4.69) is 15.3 Å². The van der Waals surface area contributed by atoms with Crippen molar-refractivity contribution in [2.24, 2.45) is 0 Å². The first kappa shape index (κ1) is 12.4. The van der Waals surface area contributed by atoms with Crippen molar-refractivity contribution in [3.63, 3.8) is 0 Å². The van der Waals surface area contributed by atoms with E-state index >= 15 is 0 Å². The van der Waals surface area contributed by atoms with Crippen molar-refractivity contribution in [2.75, 3.05) is 19.5 Å². The number of fused-ring (bicyclic) bond motifs is 1. The zero-order valence-electron chi connectivity index (χ0n) is 9.67. The number of hydrogen-bond donors (Lipinski definition) is 1. The van der Waals surface area contributed by atoms with Crippen LogP contribution in [0.4, 0.5) is 19.0 Å². The molecule has 0 aliphatic rings. The van der Waals surface area contributed by atoms with Gasteiger partial charge in [0.05, 0.1) is 12.6 Å². The van der Waals surface area contributed by atoms with E-state index in [0.29, 0.717) is 11.1 Å². The Bertz CT molecular complexity index is 583. The fraction of sp³-hybridized carbons (Fsp3) is 0.273. The zero-order chi connectivity index (χ0) is 13.3. The highest BCUT2D eigenvalue weighted by molar-refractivity contribution is 5.90. The molecule has 0 saturated heterocycles. The smallest absolute Gasteiger partial charge is 0.451 e. The number of rotatable bonds is 2. The molecule has 1 aromatic heterocycles. The molecule has 18 heavy (non-hydrogen) atoms. The van der Waals surface area contributed by atoms with Crippen LogP contribution in [0.25, 0.3) is 10.9 Å². The molecule has 4 nitrogen and oxygen atoms in total. The molecule has 0 unspecified atom stereocenters. The summed E-state index contributed by atoms with van der Waals surface area (Å²) in [4.78, 5) is 6.97. The minimum atomic E-state index is -4.58. The monoisotopic (exact) mass is 257 g/mol. The Hall–Kier alpha value is -2.05. The fourth-order valence-electron chi connectivity index (χ4n) is 1.55. The van der Waals surface area contributed by atoms with Crippen LogP contribution in [-0.4, -0.2) is 24.1 Å². The number of nitrogens with zero attached hydrogens (tertiary/aromatic N) is 2. The molecular formula is C11H10F3N3O. The summed E-state index contributed by atoms with van der Waals surface area (Å²) in [5.41, 5.74) is 0.182. The normalized spacial score (nSPS) is 11.6. The Kier molecular flexibility index (Phi) is 2.98. The number of halogens is 3. The third-order valence-corrected chi connectivity index (χ3v) is 2.39. The zero-order valence-corrected chi connectivity index (χ0v) is 9.67. The third-order valence-electron chi connectivity index (χ3n) is 2.39. The van der Waals surface area contributed by atoms with Crippen molar-refractivity contribution in [2.45, 2.75) is 6.18 Å². The van der Waals surface area contributed by atoms with Crippen molar-refractivity contribution in [3.05, 3.63) is 24.0 Å². The lowest BCUT2D eigenvalue weighted by Crippen LogP contribution is -2.12. The molecular weight excluding hydrogens is 247 g/mol. The van der Waals surface area contributed by atoms with Crippen LogP contribution in [0, 0.1) is 0 Å². The number of benzene rings is 1. The highest BCUT2D eigenvalue weighted by atomic mass is 19.4. The highest BCUT2D eigenvalue weighted by Crippen LogP contribution is 2.31. The summed E-state index contributed by atoms with van der Waals surface area (Å²) in [7, 11) is 2.94. The second kappa shape index (κ2) is 4.32. The first-order chi connectivity index (χ1) is 8.45. The van der Waals surface area contributed by atoms with Crippen LogP contribution in [0.5, 0.6) is 5.75 Å². The quantitative estimate of drug-likeness (QED) is 0.898. The predicted molar refractivity (Wildman–Crippen MR) is 60.6 cm³/mol. The van der Waals surface area contributed by atoms with Crippen LogP contribution < -0.4 is 10.1 Å². The van der Waals surface area contributed by atoms with E-state index < -0.39 is 12.0 Å². The van der Waals surface area contributed by atoms with Crippen molar-refractivity contribution in [3.8, 4) is 5.75 Å². The van der Waals surface area contributed by atoms with E-state index in [1.807, 2.05) is 0 Å². The number of alkyl halides is 3. The minimum absolute atomic E-state index is 0.134. The molecule has 7 heteroatoms. The molecule has 0 fully saturated rings. The molecule has 1 aromatic carbocycles. The molecule has 0 radical (unpaired) electrons. The van der Waals surface area contributed by atoms with Crippen LogP contribution in [0.3, 0.4) is 0 Å². The van der Waals surface area contributed by atoms with Gasteiger partial charge in [-0.05, 0) is 12.1 Å². The first-order valence-corrected chi connectivity index (χ1v) is 5.06. The molecule has 0 aliphatic heterocycles. The fourth-order valence-corrected chi connectivity index (χ4v) is 1.55. The van der Waals surface area contributed by atoms with Crippen molar-refractivity contribution in [1.29, 1.82) is 0 Å². The molecule has 1 N–H and O–H groups in total. The number of hydrogen-bond acceptors (Lipinski definition) is 4. The molecule has 2 aromatic rings. The maximum absolute atomic E-state index is 12.6. The Morgan fingerprint density at radius 1 is 1.22 bits per heavy atom. The molecule has 2 rings (SSSR count). The van der Waals surface area contributed by atoms with Crippen molar-refractivity contribution in [1.82, 2.24) is 9.97 Å². The van der Waals surface area contributed by atoms with Gasteiger partial charge >= 0.3 is 6.18 Å². The summed E-state index contributed by atoms with van der Waals surface area (Å²) in [5, 5.41) is 3.13. The summed E-state index contributed by atoms with van der Waals surface area (Å²) in [6.07, 6.45) is -4.58.